The van der Waals surface area contributed by atoms with Crippen molar-refractivity contribution >= 4 is 0 Å². The number of ether oxygens (including phenoxy) is 1. The van der Waals surface area contributed by atoms with E-state index in [4.69, 9.17) is 4.74 Å². The zero-order chi connectivity index (χ0) is 13.8. The molecule has 106 valence electrons. The summed E-state index contributed by atoms with van der Waals surface area (Å²) in [5, 5.41) is 3.70. The molecule has 1 unspecified atom stereocenters. The fourth-order valence-corrected chi connectivity index (χ4v) is 3.09. The monoisotopic (exact) mass is 261 g/mol. The fourth-order valence-electron chi connectivity index (χ4n) is 3.09. The molecule has 2 rings (SSSR count). The molecule has 0 aromatic heterocycles. The number of rotatable bonds is 5. The van der Waals surface area contributed by atoms with Gasteiger partial charge in [0.15, 0.2) is 0 Å². The third-order valence-corrected chi connectivity index (χ3v) is 4.10. The third-order valence-electron chi connectivity index (χ3n) is 4.10. The van der Waals surface area contributed by atoms with Gasteiger partial charge >= 0.3 is 0 Å². The molecule has 0 fully saturated rings. The second-order valence-corrected chi connectivity index (χ2v) is 5.79. The Hall–Kier alpha value is -1.02. The first-order chi connectivity index (χ1) is 9.15. The summed E-state index contributed by atoms with van der Waals surface area (Å²) in [5.74, 6) is 1.72. The van der Waals surface area contributed by atoms with Gasteiger partial charge in [0.25, 0.3) is 0 Å². The first-order valence-corrected chi connectivity index (χ1v) is 7.68. The van der Waals surface area contributed by atoms with Gasteiger partial charge in [-0.2, -0.15) is 0 Å². The number of hydrogen-bond donors (Lipinski definition) is 1. The molecule has 1 heterocycles. The third kappa shape index (κ3) is 3.30. The highest BCUT2D eigenvalue weighted by Gasteiger charge is 2.25. The van der Waals surface area contributed by atoms with Crippen molar-refractivity contribution < 1.29 is 4.74 Å². The van der Waals surface area contributed by atoms with Crippen LogP contribution in [0, 0.1) is 5.92 Å². The van der Waals surface area contributed by atoms with Crippen LogP contribution < -0.4 is 10.1 Å². The molecule has 0 bridgehead atoms. The maximum Gasteiger partial charge on any atom is 0.120 e. The lowest BCUT2D eigenvalue weighted by atomic mass is 9.83. The second-order valence-electron chi connectivity index (χ2n) is 5.79. The van der Waals surface area contributed by atoms with Gasteiger partial charge in [0.2, 0.25) is 0 Å². The lowest BCUT2D eigenvalue weighted by molar-refractivity contribution is 0.241. The van der Waals surface area contributed by atoms with E-state index in [0.717, 1.165) is 18.7 Å². The number of hydrogen-bond acceptors (Lipinski definition) is 2. The van der Waals surface area contributed by atoms with Gasteiger partial charge in [-0.05, 0) is 56.0 Å². The van der Waals surface area contributed by atoms with E-state index in [1.165, 1.54) is 24.0 Å². The molecular formula is C17H27NO. The van der Waals surface area contributed by atoms with Gasteiger partial charge in [-0.25, -0.2) is 0 Å². The molecular weight excluding hydrogens is 234 g/mol. The van der Waals surface area contributed by atoms with E-state index >= 15 is 0 Å². The van der Waals surface area contributed by atoms with Gasteiger partial charge in [0.1, 0.15) is 5.75 Å². The molecule has 1 aliphatic rings. The molecule has 0 spiro atoms. The van der Waals surface area contributed by atoms with Crippen LogP contribution in [-0.4, -0.2) is 12.6 Å². The largest absolute Gasteiger partial charge is 0.491 e. The standard InChI is InChI=1S/C17H27NO/c1-5-13(6-2)17-16-11-15(19-12(3)4)8-7-14(16)9-10-18-17/h7-8,11-13,17-18H,5-6,9-10H2,1-4H3. The highest BCUT2D eigenvalue weighted by Crippen LogP contribution is 2.34. The lowest BCUT2D eigenvalue weighted by Gasteiger charge is -2.33. The minimum atomic E-state index is 0.237. The molecule has 0 aliphatic carbocycles. The molecule has 0 amide bonds. The Labute approximate surface area is 117 Å². The quantitative estimate of drug-likeness (QED) is 0.861. The van der Waals surface area contributed by atoms with Crippen LogP contribution in [0.5, 0.6) is 5.75 Å². The molecule has 19 heavy (non-hydrogen) atoms. The van der Waals surface area contributed by atoms with Crippen molar-refractivity contribution in [3.63, 3.8) is 0 Å². The summed E-state index contributed by atoms with van der Waals surface area (Å²) in [7, 11) is 0. The van der Waals surface area contributed by atoms with Crippen LogP contribution in [0.2, 0.25) is 0 Å². The van der Waals surface area contributed by atoms with Crippen LogP contribution in [0.4, 0.5) is 0 Å². The summed E-state index contributed by atoms with van der Waals surface area (Å²) in [6, 6.07) is 7.12. The van der Waals surface area contributed by atoms with Crippen molar-refractivity contribution in [1.82, 2.24) is 5.32 Å². The van der Waals surface area contributed by atoms with Gasteiger partial charge in [0, 0.05) is 6.04 Å². The van der Waals surface area contributed by atoms with E-state index in [0.29, 0.717) is 12.0 Å². The van der Waals surface area contributed by atoms with Crippen LogP contribution in [0.1, 0.15) is 57.7 Å². The van der Waals surface area contributed by atoms with E-state index in [1.807, 2.05) is 0 Å². The van der Waals surface area contributed by atoms with Crippen molar-refractivity contribution in [3.05, 3.63) is 29.3 Å². The molecule has 1 atom stereocenters. The number of nitrogens with one attached hydrogen (secondary N) is 1. The minimum Gasteiger partial charge on any atom is -0.491 e. The van der Waals surface area contributed by atoms with Gasteiger partial charge < -0.3 is 10.1 Å². The predicted molar refractivity (Wildman–Crippen MR) is 80.7 cm³/mol. The molecule has 2 heteroatoms. The second kappa shape index (κ2) is 6.42. The van der Waals surface area contributed by atoms with Crippen LogP contribution in [-0.2, 0) is 6.42 Å². The van der Waals surface area contributed by atoms with Crippen molar-refractivity contribution in [2.75, 3.05) is 6.54 Å². The van der Waals surface area contributed by atoms with Gasteiger partial charge in [-0.3, -0.25) is 0 Å². The molecule has 2 nitrogen and oxygen atoms in total. The molecule has 0 radical (unpaired) electrons. The lowest BCUT2D eigenvalue weighted by Crippen LogP contribution is -2.34. The molecule has 1 aromatic rings. The fraction of sp³-hybridized carbons (Fsp3) is 0.647. The number of benzene rings is 1. The summed E-state index contributed by atoms with van der Waals surface area (Å²) in [5.41, 5.74) is 2.95. The van der Waals surface area contributed by atoms with E-state index in [1.54, 1.807) is 0 Å². The molecule has 1 aliphatic heterocycles. The van der Waals surface area contributed by atoms with Crippen LogP contribution >= 0.6 is 0 Å². The van der Waals surface area contributed by atoms with Crippen LogP contribution in [0.3, 0.4) is 0 Å². The zero-order valence-electron chi connectivity index (χ0n) is 12.7. The summed E-state index contributed by atoms with van der Waals surface area (Å²) >= 11 is 0. The summed E-state index contributed by atoms with van der Waals surface area (Å²) < 4.78 is 5.85. The predicted octanol–water partition coefficient (Wildman–Crippen LogP) is 4.10. The van der Waals surface area contributed by atoms with Crippen LogP contribution in [0.25, 0.3) is 0 Å². The highest BCUT2D eigenvalue weighted by atomic mass is 16.5. The Morgan fingerprint density at radius 3 is 2.63 bits per heavy atom. The van der Waals surface area contributed by atoms with Gasteiger partial charge in [-0.1, -0.05) is 32.8 Å². The zero-order valence-corrected chi connectivity index (χ0v) is 12.7. The summed E-state index contributed by atoms with van der Waals surface area (Å²) in [6.45, 7) is 9.84. The molecule has 1 N–H and O–H groups in total. The van der Waals surface area contributed by atoms with Gasteiger partial charge in [-0.15, -0.1) is 0 Å². The smallest absolute Gasteiger partial charge is 0.120 e. The van der Waals surface area contributed by atoms with E-state index in [9.17, 15) is 0 Å². The Morgan fingerprint density at radius 1 is 1.26 bits per heavy atom. The Balaban J connectivity index is 2.29. The van der Waals surface area contributed by atoms with Crippen molar-refractivity contribution in [3.8, 4) is 5.75 Å². The van der Waals surface area contributed by atoms with E-state index in [-0.39, 0.29) is 6.10 Å². The normalized spacial score (nSPS) is 18.7. The first kappa shape index (κ1) is 14.4. The van der Waals surface area contributed by atoms with Crippen LogP contribution in [0.15, 0.2) is 18.2 Å². The molecule has 0 saturated heterocycles. The van der Waals surface area contributed by atoms with Crippen molar-refractivity contribution in [2.45, 2.75) is 59.1 Å². The maximum atomic E-state index is 5.85. The maximum absolute atomic E-state index is 5.85. The van der Waals surface area contributed by atoms with Crippen molar-refractivity contribution in [1.29, 1.82) is 0 Å². The van der Waals surface area contributed by atoms with E-state index in [2.05, 4.69) is 51.2 Å². The summed E-state index contributed by atoms with van der Waals surface area (Å²) in [6.07, 6.45) is 3.82. The molecule has 1 aromatic carbocycles. The summed E-state index contributed by atoms with van der Waals surface area (Å²) in [4.78, 5) is 0. The Morgan fingerprint density at radius 2 is 2.00 bits per heavy atom. The van der Waals surface area contributed by atoms with Gasteiger partial charge in [0.05, 0.1) is 6.10 Å². The average molecular weight is 261 g/mol. The Bertz CT molecular complexity index is 410. The SMILES string of the molecule is CCC(CC)C1NCCc2ccc(OC(C)C)cc21. The Kier molecular flexibility index (Phi) is 4.87. The van der Waals surface area contributed by atoms with Crippen molar-refractivity contribution in [2.24, 2.45) is 5.92 Å². The molecule has 0 saturated carbocycles. The topological polar surface area (TPSA) is 21.3 Å². The average Bonchev–Trinajstić information content (AvgIpc) is 2.40. The van der Waals surface area contributed by atoms with E-state index < -0.39 is 0 Å². The number of fused-ring (bicyclic) bond motifs is 1. The highest BCUT2D eigenvalue weighted by molar-refractivity contribution is 5.39. The minimum absolute atomic E-state index is 0.237. The first-order valence-electron chi connectivity index (χ1n) is 7.68.